The molecule has 1 aliphatic rings. The molecule has 1 aromatic rings. The van der Waals surface area contributed by atoms with Crippen LogP contribution in [0, 0.1) is 5.92 Å². The van der Waals surface area contributed by atoms with Crippen LogP contribution in [0.2, 0.25) is 0 Å². The monoisotopic (exact) mass is 248 g/mol. The lowest BCUT2D eigenvalue weighted by molar-refractivity contribution is 0.190. The fourth-order valence-corrected chi connectivity index (χ4v) is 2.44. The maximum absolute atomic E-state index is 4.31. The number of hydrogen-bond acceptors (Lipinski definition) is 4. The van der Waals surface area contributed by atoms with Gasteiger partial charge in [0.15, 0.2) is 0 Å². The lowest BCUT2D eigenvalue weighted by Gasteiger charge is -2.30. The van der Waals surface area contributed by atoms with Gasteiger partial charge in [-0.05, 0) is 37.3 Å². The molecule has 1 saturated heterocycles. The number of aromatic nitrogens is 2. The van der Waals surface area contributed by atoms with Crippen LogP contribution in [0.25, 0.3) is 0 Å². The zero-order chi connectivity index (χ0) is 12.8. The van der Waals surface area contributed by atoms with Crippen molar-refractivity contribution in [3.05, 3.63) is 18.0 Å². The number of piperidine rings is 1. The van der Waals surface area contributed by atoms with Gasteiger partial charge in [-0.1, -0.05) is 13.8 Å². The van der Waals surface area contributed by atoms with Crippen LogP contribution < -0.4 is 5.32 Å². The molecular formula is C14H24N4. The molecule has 0 aromatic carbocycles. The molecule has 0 bridgehead atoms. The van der Waals surface area contributed by atoms with Crippen LogP contribution in [-0.2, 0) is 6.42 Å². The quantitative estimate of drug-likeness (QED) is 0.867. The maximum Gasteiger partial charge on any atom is 0.222 e. The molecule has 1 aliphatic heterocycles. The number of nitrogens with one attached hydrogen (secondary N) is 1. The minimum Gasteiger partial charge on any atom is -0.353 e. The Labute approximate surface area is 110 Å². The van der Waals surface area contributed by atoms with Crippen LogP contribution in [-0.4, -0.2) is 41.0 Å². The lowest BCUT2D eigenvalue weighted by atomic mass is 10.0. The first kappa shape index (κ1) is 13.3. The first-order valence-electron chi connectivity index (χ1n) is 7.05. The normalized spacial score (nSPS) is 20.9. The summed E-state index contributed by atoms with van der Waals surface area (Å²) in [6.45, 7) is 8.94. The molecule has 2 heterocycles. The van der Waals surface area contributed by atoms with Gasteiger partial charge in [0.05, 0.1) is 0 Å². The second-order valence-electron chi connectivity index (χ2n) is 5.24. The number of rotatable bonds is 5. The van der Waals surface area contributed by atoms with Gasteiger partial charge in [-0.15, -0.1) is 0 Å². The first-order chi connectivity index (χ1) is 8.78. The molecule has 100 valence electrons. The van der Waals surface area contributed by atoms with E-state index >= 15 is 0 Å². The van der Waals surface area contributed by atoms with E-state index < -0.39 is 0 Å². The van der Waals surface area contributed by atoms with Crippen molar-refractivity contribution in [2.45, 2.75) is 33.1 Å². The van der Waals surface area contributed by atoms with Crippen molar-refractivity contribution < 1.29 is 0 Å². The minimum atomic E-state index is 0.747. The van der Waals surface area contributed by atoms with Crippen LogP contribution in [0.15, 0.2) is 12.4 Å². The first-order valence-corrected chi connectivity index (χ1v) is 7.05. The van der Waals surface area contributed by atoms with E-state index in [0.717, 1.165) is 31.4 Å². The minimum absolute atomic E-state index is 0.747. The fraction of sp³-hybridized carbons (Fsp3) is 0.714. The molecule has 18 heavy (non-hydrogen) atoms. The summed E-state index contributed by atoms with van der Waals surface area (Å²) in [6.07, 6.45) is 7.51. The van der Waals surface area contributed by atoms with Crippen molar-refractivity contribution >= 4 is 5.95 Å². The number of aryl methyl sites for hydroxylation is 1. The third kappa shape index (κ3) is 3.95. The fourth-order valence-electron chi connectivity index (χ4n) is 2.44. The zero-order valence-electron chi connectivity index (χ0n) is 11.5. The molecular weight excluding hydrogens is 224 g/mol. The molecule has 0 aliphatic carbocycles. The summed E-state index contributed by atoms with van der Waals surface area (Å²) < 4.78 is 0. The van der Waals surface area contributed by atoms with Gasteiger partial charge in [0.1, 0.15) is 0 Å². The largest absolute Gasteiger partial charge is 0.353 e. The molecule has 1 unspecified atom stereocenters. The second kappa shape index (κ2) is 6.69. The topological polar surface area (TPSA) is 41.1 Å². The summed E-state index contributed by atoms with van der Waals surface area (Å²) in [5, 5.41) is 3.29. The van der Waals surface area contributed by atoms with Gasteiger partial charge in [-0.25, -0.2) is 9.97 Å². The Morgan fingerprint density at radius 1 is 1.39 bits per heavy atom. The highest BCUT2D eigenvalue weighted by atomic mass is 15.2. The number of nitrogens with zero attached hydrogens (tertiary/aromatic N) is 3. The summed E-state index contributed by atoms with van der Waals surface area (Å²) in [5.74, 6) is 1.59. The third-order valence-corrected chi connectivity index (χ3v) is 3.57. The van der Waals surface area contributed by atoms with Gasteiger partial charge < -0.3 is 10.2 Å². The molecule has 0 spiro atoms. The summed E-state index contributed by atoms with van der Waals surface area (Å²) in [4.78, 5) is 11.1. The highest BCUT2D eigenvalue weighted by Crippen LogP contribution is 2.14. The van der Waals surface area contributed by atoms with E-state index in [-0.39, 0.29) is 0 Å². The molecule has 4 nitrogen and oxygen atoms in total. The Morgan fingerprint density at radius 3 is 2.83 bits per heavy atom. The maximum atomic E-state index is 4.31. The van der Waals surface area contributed by atoms with Crippen molar-refractivity contribution in [2.75, 3.05) is 31.5 Å². The van der Waals surface area contributed by atoms with Crippen LogP contribution in [0.4, 0.5) is 5.95 Å². The van der Waals surface area contributed by atoms with Gasteiger partial charge in [0.25, 0.3) is 0 Å². The molecule has 1 aromatic heterocycles. The van der Waals surface area contributed by atoms with Crippen LogP contribution >= 0.6 is 0 Å². The van der Waals surface area contributed by atoms with Crippen molar-refractivity contribution in [3.8, 4) is 0 Å². The average Bonchev–Trinajstić information content (AvgIpc) is 2.40. The van der Waals surface area contributed by atoms with E-state index in [9.17, 15) is 0 Å². The van der Waals surface area contributed by atoms with E-state index in [4.69, 9.17) is 0 Å². The number of likely N-dealkylation sites (tertiary alicyclic amines) is 1. The second-order valence-corrected chi connectivity index (χ2v) is 5.24. The molecule has 0 saturated carbocycles. The van der Waals surface area contributed by atoms with Crippen LogP contribution in [0.3, 0.4) is 0 Å². The highest BCUT2D eigenvalue weighted by Gasteiger charge is 2.15. The Hall–Kier alpha value is -1.16. The van der Waals surface area contributed by atoms with Gasteiger partial charge >= 0.3 is 0 Å². The molecule has 1 N–H and O–H groups in total. The Balaban J connectivity index is 1.70. The van der Waals surface area contributed by atoms with Crippen molar-refractivity contribution in [2.24, 2.45) is 5.92 Å². The lowest BCUT2D eigenvalue weighted by Crippen LogP contribution is -2.37. The standard InChI is InChI=1S/C14H24N4/c1-3-13-9-16-14(17-10-13)15-6-8-18-7-4-5-12(2)11-18/h9-10,12H,3-8,11H2,1-2H3,(H,15,16,17). The zero-order valence-corrected chi connectivity index (χ0v) is 11.5. The van der Waals surface area contributed by atoms with E-state index in [1.807, 2.05) is 12.4 Å². The Morgan fingerprint density at radius 2 is 2.17 bits per heavy atom. The summed E-state index contributed by atoms with van der Waals surface area (Å²) >= 11 is 0. The molecule has 0 amide bonds. The van der Waals surface area contributed by atoms with Crippen molar-refractivity contribution in [1.29, 1.82) is 0 Å². The molecule has 2 rings (SSSR count). The van der Waals surface area contributed by atoms with Gasteiger partial charge in [-0.3, -0.25) is 0 Å². The predicted octanol–water partition coefficient (Wildman–Crippen LogP) is 2.18. The molecule has 1 atom stereocenters. The predicted molar refractivity (Wildman–Crippen MR) is 74.7 cm³/mol. The number of anilines is 1. The number of hydrogen-bond donors (Lipinski definition) is 1. The molecule has 4 heteroatoms. The van der Waals surface area contributed by atoms with Crippen molar-refractivity contribution in [1.82, 2.24) is 14.9 Å². The van der Waals surface area contributed by atoms with E-state index in [0.29, 0.717) is 0 Å². The van der Waals surface area contributed by atoms with Gasteiger partial charge in [0.2, 0.25) is 5.95 Å². The molecule has 0 radical (unpaired) electrons. The Bertz CT molecular complexity index is 349. The smallest absolute Gasteiger partial charge is 0.222 e. The van der Waals surface area contributed by atoms with E-state index in [2.05, 4.69) is 34.0 Å². The van der Waals surface area contributed by atoms with Gasteiger partial charge in [0, 0.05) is 32.0 Å². The van der Waals surface area contributed by atoms with E-state index in [1.165, 1.54) is 31.5 Å². The summed E-state index contributed by atoms with van der Waals surface area (Å²) in [5.41, 5.74) is 1.19. The van der Waals surface area contributed by atoms with E-state index in [1.54, 1.807) is 0 Å². The van der Waals surface area contributed by atoms with Gasteiger partial charge in [-0.2, -0.15) is 0 Å². The average molecular weight is 248 g/mol. The van der Waals surface area contributed by atoms with Crippen molar-refractivity contribution in [3.63, 3.8) is 0 Å². The SMILES string of the molecule is CCc1cnc(NCCN2CCCC(C)C2)nc1. The Kier molecular flexibility index (Phi) is 4.93. The summed E-state index contributed by atoms with van der Waals surface area (Å²) in [6, 6.07) is 0. The molecule has 1 fully saturated rings. The highest BCUT2D eigenvalue weighted by molar-refractivity contribution is 5.24. The van der Waals surface area contributed by atoms with Crippen LogP contribution in [0.1, 0.15) is 32.3 Å². The third-order valence-electron chi connectivity index (χ3n) is 3.57. The van der Waals surface area contributed by atoms with Crippen LogP contribution in [0.5, 0.6) is 0 Å². The summed E-state index contributed by atoms with van der Waals surface area (Å²) in [7, 11) is 0.